The fourth-order valence-corrected chi connectivity index (χ4v) is 9.48. The van der Waals surface area contributed by atoms with E-state index in [1.165, 1.54) is 205 Å². The number of allylic oxidation sites excluding steroid dienone is 6. The molecule has 68 heavy (non-hydrogen) atoms. The summed E-state index contributed by atoms with van der Waals surface area (Å²) < 4.78 is 23.4. The average molecular weight is 980 g/mol. The molecule has 0 aromatic rings. The zero-order valence-electron chi connectivity index (χ0n) is 45.8. The molecule has 8 nitrogen and oxygen atoms in total. The topological polar surface area (TPSA) is 108 Å². The summed E-state index contributed by atoms with van der Waals surface area (Å²) in [6, 6.07) is -0.802. The standard InChI is InChI=1S/C59H115N2O6P/c1-6-8-10-12-14-16-18-20-22-24-26-27-28-29-30-31-32-33-35-37-39-41-43-45-47-49-51-53-59(63)60-57(56-67-68(64,65)66-55-54-61(3,4)5)58(62)52-50-48-46-44-42-40-38-36-34-25-23-21-19-17-15-13-11-9-7-2/h18,20,24,26,28-29,57-58,62H,6-17,19,21-23,25,27,30-56H2,1-5H3,(H-,60,63,64,65)/b20-18-,26-24-,29-28-. The highest BCUT2D eigenvalue weighted by atomic mass is 31.2. The number of likely N-dealkylation sites (N-methyl/N-ethyl adjacent to an activating group) is 1. The summed E-state index contributed by atoms with van der Waals surface area (Å²) in [5, 5.41) is 14.0. The molecule has 0 saturated heterocycles. The quantitative estimate of drug-likeness (QED) is 0.0272. The van der Waals surface area contributed by atoms with Gasteiger partial charge in [0.2, 0.25) is 5.91 Å². The number of nitrogens with zero attached hydrogens (tertiary/aromatic N) is 1. The first-order chi connectivity index (χ1) is 33.0. The van der Waals surface area contributed by atoms with Crippen LogP contribution in [0.4, 0.5) is 0 Å². The summed E-state index contributed by atoms with van der Waals surface area (Å²) in [6.07, 6.45) is 64.5. The number of hydrogen-bond acceptors (Lipinski definition) is 6. The monoisotopic (exact) mass is 979 g/mol. The fourth-order valence-electron chi connectivity index (χ4n) is 8.76. The van der Waals surface area contributed by atoms with Crippen LogP contribution in [0.15, 0.2) is 36.5 Å². The van der Waals surface area contributed by atoms with Gasteiger partial charge in [0.1, 0.15) is 13.2 Å². The predicted molar refractivity (Wildman–Crippen MR) is 293 cm³/mol. The molecule has 0 heterocycles. The van der Waals surface area contributed by atoms with Crippen LogP contribution in [0.1, 0.15) is 284 Å². The van der Waals surface area contributed by atoms with E-state index in [1.807, 2.05) is 21.1 Å². The van der Waals surface area contributed by atoms with Crippen molar-refractivity contribution in [3.63, 3.8) is 0 Å². The molecule has 0 aromatic carbocycles. The highest BCUT2D eigenvalue weighted by Gasteiger charge is 2.24. The first kappa shape index (κ1) is 66.7. The van der Waals surface area contributed by atoms with Gasteiger partial charge in [-0.05, 0) is 51.4 Å². The molecule has 0 radical (unpaired) electrons. The van der Waals surface area contributed by atoms with Crippen molar-refractivity contribution in [3.05, 3.63) is 36.5 Å². The van der Waals surface area contributed by atoms with E-state index in [4.69, 9.17) is 9.05 Å². The maximum Gasteiger partial charge on any atom is 0.268 e. The summed E-state index contributed by atoms with van der Waals surface area (Å²) in [5.74, 6) is -0.164. The second-order valence-electron chi connectivity index (χ2n) is 21.4. The molecule has 402 valence electrons. The van der Waals surface area contributed by atoms with Crippen LogP contribution in [0.5, 0.6) is 0 Å². The summed E-state index contributed by atoms with van der Waals surface area (Å²) in [6.45, 7) is 4.74. The van der Waals surface area contributed by atoms with E-state index in [0.717, 1.165) is 51.4 Å². The zero-order chi connectivity index (χ0) is 49.9. The first-order valence-corrected chi connectivity index (χ1v) is 30.8. The Morgan fingerprint density at radius 3 is 1.24 bits per heavy atom. The Bertz CT molecular complexity index is 1200. The minimum Gasteiger partial charge on any atom is -0.756 e. The van der Waals surface area contributed by atoms with Crippen molar-refractivity contribution < 1.29 is 32.9 Å². The number of aliphatic hydroxyl groups is 1. The molecule has 0 aliphatic heterocycles. The van der Waals surface area contributed by atoms with E-state index < -0.39 is 20.0 Å². The van der Waals surface area contributed by atoms with E-state index >= 15 is 0 Å². The molecule has 3 unspecified atom stereocenters. The number of phosphoric ester groups is 1. The van der Waals surface area contributed by atoms with Gasteiger partial charge in [0.25, 0.3) is 7.82 Å². The highest BCUT2D eigenvalue weighted by Crippen LogP contribution is 2.38. The van der Waals surface area contributed by atoms with Crippen molar-refractivity contribution in [2.75, 3.05) is 40.9 Å². The van der Waals surface area contributed by atoms with Gasteiger partial charge in [-0.3, -0.25) is 9.36 Å². The lowest BCUT2D eigenvalue weighted by Gasteiger charge is -2.30. The third-order valence-corrected chi connectivity index (χ3v) is 14.3. The molecule has 9 heteroatoms. The number of unbranched alkanes of at least 4 members (excludes halogenated alkanes) is 35. The lowest BCUT2D eigenvalue weighted by atomic mass is 10.0. The van der Waals surface area contributed by atoms with Crippen molar-refractivity contribution >= 4 is 13.7 Å². The molecule has 0 rings (SSSR count). The Kier molecular flexibility index (Phi) is 49.7. The number of amides is 1. The molecule has 3 atom stereocenters. The van der Waals surface area contributed by atoms with E-state index in [9.17, 15) is 19.4 Å². The molecular formula is C59H115N2O6P. The van der Waals surface area contributed by atoms with E-state index in [2.05, 4.69) is 55.6 Å². The van der Waals surface area contributed by atoms with Gasteiger partial charge in [0.15, 0.2) is 0 Å². The summed E-state index contributed by atoms with van der Waals surface area (Å²) >= 11 is 0. The molecule has 0 spiro atoms. The van der Waals surface area contributed by atoms with Crippen LogP contribution in [0.2, 0.25) is 0 Å². The number of phosphoric acid groups is 1. The summed E-state index contributed by atoms with van der Waals surface area (Å²) in [5.41, 5.74) is 0. The third kappa shape index (κ3) is 52.5. The van der Waals surface area contributed by atoms with Gasteiger partial charge < -0.3 is 28.8 Å². The Morgan fingerprint density at radius 1 is 0.515 bits per heavy atom. The minimum atomic E-state index is -4.57. The van der Waals surface area contributed by atoms with Crippen molar-refractivity contribution in [2.24, 2.45) is 0 Å². The van der Waals surface area contributed by atoms with Gasteiger partial charge in [-0.25, -0.2) is 0 Å². The molecule has 0 fully saturated rings. The number of aliphatic hydroxyl groups excluding tert-OH is 1. The van der Waals surface area contributed by atoms with Gasteiger partial charge in [-0.15, -0.1) is 0 Å². The Morgan fingerprint density at radius 2 is 0.853 bits per heavy atom. The Labute approximate surface area is 423 Å². The fraction of sp³-hybridized carbons (Fsp3) is 0.881. The van der Waals surface area contributed by atoms with Crippen LogP contribution in [-0.4, -0.2) is 68.5 Å². The second-order valence-corrected chi connectivity index (χ2v) is 22.8. The second kappa shape index (κ2) is 50.7. The maximum absolute atomic E-state index is 13.0. The van der Waals surface area contributed by atoms with Crippen molar-refractivity contribution in [1.29, 1.82) is 0 Å². The summed E-state index contributed by atoms with van der Waals surface area (Å²) in [7, 11) is 1.31. The average Bonchev–Trinajstić information content (AvgIpc) is 3.30. The van der Waals surface area contributed by atoms with Crippen molar-refractivity contribution in [1.82, 2.24) is 5.32 Å². The van der Waals surface area contributed by atoms with Gasteiger partial charge in [0, 0.05) is 6.42 Å². The number of nitrogens with one attached hydrogen (secondary N) is 1. The number of carbonyl (C=O) groups excluding carboxylic acids is 1. The third-order valence-electron chi connectivity index (χ3n) is 13.4. The largest absolute Gasteiger partial charge is 0.756 e. The molecule has 2 N–H and O–H groups in total. The van der Waals surface area contributed by atoms with Gasteiger partial charge in [-0.1, -0.05) is 262 Å². The number of rotatable bonds is 54. The zero-order valence-corrected chi connectivity index (χ0v) is 46.7. The van der Waals surface area contributed by atoms with Crippen LogP contribution in [0.3, 0.4) is 0 Å². The van der Waals surface area contributed by atoms with Gasteiger partial charge >= 0.3 is 0 Å². The predicted octanol–water partition coefficient (Wildman–Crippen LogP) is 17.1. The van der Waals surface area contributed by atoms with E-state index in [1.54, 1.807) is 0 Å². The van der Waals surface area contributed by atoms with Gasteiger partial charge in [0.05, 0.1) is 39.9 Å². The van der Waals surface area contributed by atoms with Crippen LogP contribution < -0.4 is 10.2 Å². The molecule has 0 aliphatic carbocycles. The Hall–Kier alpha value is -1.28. The highest BCUT2D eigenvalue weighted by molar-refractivity contribution is 7.45. The van der Waals surface area contributed by atoms with Crippen LogP contribution in [-0.2, 0) is 18.4 Å². The lowest BCUT2D eigenvalue weighted by Crippen LogP contribution is -2.46. The first-order valence-electron chi connectivity index (χ1n) is 29.3. The van der Waals surface area contributed by atoms with Crippen LogP contribution >= 0.6 is 7.82 Å². The van der Waals surface area contributed by atoms with Crippen LogP contribution in [0.25, 0.3) is 0 Å². The molecule has 0 aromatic heterocycles. The normalized spacial score (nSPS) is 14.2. The molecular weight excluding hydrogens is 864 g/mol. The lowest BCUT2D eigenvalue weighted by molar-refractivity contribution is -0.870. The number of carbonyl (C=O) groups is 1. The molecule has 1 amide bonds. The maximum atomic E-state index is 13.0. The molecule has 0 saturated carbocycles. The molecule has 0 aliphatic rings. The van der Waals surface area contributed by atoms with E-state index in [-0.39, 0.29) is 19.1 Å². The Balaban J connectivity index is 4.14. The van der Waals surface area contributed by atoms with Crippen LogP contribution in [0, 0.1) is 0 Å². The van der Waals surface area contributed by atoms with Crippen molar-refractivity contribution in [3.8, 4) is 0 Å². The van der Waals surface area contributed by atoms with E-state index in [0.29, 0.717) is 23.9 Å². The summed E-state index contributed by atoms with van der Waals surface area (Å²) in [4.78, 5) is 25.5. The number of quaternary nitrogens is 1. The van der Waals surface area contributed by atoms with Gasteiger partial charge in [-0.2, -0.15) is 0 Å². The molecule has 0 bridgehead atoms. The number of hydrogen-bond donors (Lipinski definition) is 2. The van der Waals surface area contributed by atoms with Crippen molar-refractivity contribution in [2.45, 2.75) is 296 Å². The minimum absolute atomic E-state index is 0.0123. The SMILES string of the molecule is CCCCCCC/C=C\C/C=C\C/C=C\CCCCCCCCCCCCCCC(=O)NC(COP(=O)([O-])OCC[N+](C)(C)C)C(O)CCCCCCCCCCCCCCCCCCCCC. The smallest absolute Gasteiger partial charge is 0.268 e.